The molecule has 1 saturated carbocycles. The van der Waals surface area contributed by atoms with Gasteiger partial charge >= 0.3 is 0 Å². The summed E-state index contributed by atoms with van der Waals surface area (Å²) < 4.78 is 0. The number of aliphatic hydroxyl groups excluding tert-OH is 2. The molecule has 0 aromatic heterocycles. The second kappa shape index (κ2) is 9.23. The van der Waals surface area contributed by atoms with E-state index in [0.29, 0.717) is 24.0 Å². The van der Waals surface area contributed by atoms with E-state index in [1.807, 2.05) is 0 Å². The van der Waals surface area contributed by atoms with Gasteiger partial charge in [-0.3, -0.25) is 19.3 Å². The van der Waals surface area contributed by atoms with Crippen LogP contribution in [-0.4, -0.2) is 79.2 Å². The van der Waals surface area contributed by atoms with E-state index in [4.69, 9.17) is 5.73 Å². The first kappa shape index (κ1) is 26.9. The largest absolute Gasteiger partial charge is 0.510 e. The van der Waals surface area contributed by atoms with Crippen molar-refractivity contribution in [1.82, 2.24) is 4.90 Å². The molecule has 39 heavy (non-hydrogen) atoms. The Morgan fingerprint density at radius 2 is 1.74 bits per heavy atom. The molecule has 0 bridgehead atoms. The van der Waals surface area contributed by atoms with E-state index in [9.17, 15) is 39.9 Å². The highest BCUT2D eigenvalue weighted by atomic mass is 16.3. The number of likely N-dealkylation sites (N-methyl/N-ethyl adjacent to an activating group) is 1. The molecule has 1 fully saturated rings. The van der Waals surface area contributed by atoms with Crippen LogP contribution in [0, 0.1) is 23.7 Å². The number of rotatable bonds is 2. The van der Waals surface area contributed by atoms with Crippen LogP contribution in [0.1, 0.15) is 60.0 Å². The number of nitrogens with zero attached hydrogens (tertiary/aromatic N) is 1. The van der Waals surface area contributed by atoms with Crippen LogP contribution in [0.25, 0.3) is 0 Å². The smallest absolute Gasteiger partial charge is 0.255 e. The molecule has 0 spiro atoms. The lowest BCUT2D eigenvalue weighted by atomic mass is 9.58. The van der Waals surface area contributed by atoms with Crippen molar-refractivity contribution in [2.24, 2.45) is 17.6 Å². The lowest BCUT2D eigenvalue weighted by Crippen LogP contribution is -2.63. The van der Waals surface area contributed by atoms with Gasteiger partial charge in [-0.2, -0.15) is 0 Å². The van der Waals surface area contributed by atoms with Crippen molar-refractivity contribution in [2.45, 2.75) is 62.2 Å². The molecule has 0 aliphatic heterocycles. The van der Waals surface area contributed by atoms with Crippen LogP contribution >= 0.6 is 0 Å². The second-order valence-electron chi connectivity index (χ2n) is 11.3. The number of phenolic OH excluding ortho intramolecular Hbond substituents is 1. The Labute approximate surface area is 225 Å². The number of ketones is 2. The molecule has 4 aliphatic carbocycles. The number of hydrogen-bond donors (Lipinski definition) is 6. The molecular weight excluding hydrogens is 504 g/mol. The minimum absolute atomic E-state index is 0.00176. The molecule has 1 aromatic carbocycles. The second-order valence-corrected chi connectivity index (χ2v) is 11.3. The van der Waals surface area contributed by atoms with E-state index < -0.39 is 63.6 Å². The first-order chi connectivity index (χ1) is 18.3. The maximum Gasteiger partial charge on any atom is 0.255 e. The average molecular weight is 537 g/mol. The number of carbonyl (C=O) groups is 3. The Hall–Kier alpha value is -3.65. The number of carbonyl (C=O) groups excluding carboxylic acids is 3. The highest BCUT2D eigenvalue weighted by Gasteiger charge is 2.63. The van der Waals surface area contributed by atoms with Crippen LogP contribution < -0.4 is 5.73 Å². The van der Waals surface area contributed by atoms with E-state index in [2.05, 4.69) is 11.8 Å². The number of primary amides is 1. The molecule has 5 rings (SSSR count). The maximum atomic E-state index is 13.8. The number of benzene rings is 1. The number of nitrogens with two attached hydrogens (primary N) is 1. The standard InChI is InChI=1S/C29H32N2O8/c1-31(2)22-17-13-15-12-16-14(8-11-28(38)9-4-3-5-10-28)6-7-18(32)20(16)23(33)19(15)25(35)29(17,39)26(36)21(24(22)34)27(30)37/h6-7,15,17,22,32,34-35,38-39H,3-5,9-10,12-13H2,1-2H3,(H2,30,37)/t15-,17-,22-,29+/m1/s1. The Balaban J connectivity index is 1.65. The van der Waals surface area contributed by atoms with Crippen LogP contribution in [0.4, 0.5) is 0 Å². The molecule has 4 atom stereocenters. The van der Waals surface area contributed by atoms with Gasteiger partial charge in [-0.15, -0.1) is 0 Å². The zero-order chi connectivity index (χ0) is 28.4. The van der Waals surface area contributed by atoms with Gasteiger partial charge in [0.1, 0.15) is 28.4 Å². The average Bonchev–Trinajstić information content (AvgIpc) is 2.86. The molecule has 0 unspecified atom stereocenters. The van der Waals surface area contributed by atoms with E-state index in [0.717, 1.165) is 19.3 Å². The fourth-order valence-corrected chi connectivity index (χ4v) is 6.81. The Bertz CT molecular complexity index is 1420. The lowest BCUT2D eigenvalue weighted by Gasteiger charge is -2.50. The van der Waals surface area contributed by atoms with Gasteiger partial charge in [0.25, 0.3) is 5.91 Å². The van der Waals surface area contributed by atoms with Crippen LogP contribution in [0.15, 0.2) is 34.8 Å². The molecule has 206 valence electrons. The number of aliphatic hydroxyl groups is 4. The van der Waals surface area contributed by atoms with Crippen molar-refractivity contribution >= 4 is 17.5 Å². The molecule has 0 saturated heterocycles. The third-order valence-corrected chi connectivity index (χ3v) is 8.72. The summed E-state index contributed by atoms with van der Waals surface area (Å²) in [5, 5.41) is 55.4. The van der Waals surface area contributed by atoms with Gasteiger partial charge in [-0.05, 0) is 76.2 Å². The van der Waals surface area contributed by atoms with Crippen molar-refractivity contribution in [3.63, 3.8) is 0 Å². The predicted molar refractivity (Wildman–Crippen MR) is 139 cm³/mol. The van der Waals surface area contributed by atoms with Gasteiger partial charge in [0.05, 0.1) is 11.6 Å². The third-order valence-electron chi connectivity index (χ3n) is 8.72. The summed E-state index contributed by atoms with van der Waals surface area (Å²) in [7, 11) is 3.16. The highest BCUT2D eigenvalue weighted by Crippen LogP contribution is 2.52. The van der Waals surface area contributed by atoms with Crippen molar-refractivity contribution in [3.8, 4) is 17.6 Å². The number of allylic oxidation sites excluding steroid dienone is 1. The van der Waals surface area contributed by atoms with Crippen molar-refractivity contribution in [3.05, 3.63) is 51.5 Å². The third kappa shape index (κ3) is 3.95. The number of fused-ring (bicyclic) bond motifs is 3. The van der Waals surface area contributed by atoms with Gasteiger partial charge in [0.15, 0.2) is 11.4 Å². The fourth-order valence-electron chi connectivity index (χ4n) is 6.81. The van der Waals surface area contributed by atoms with E-state index in [-0.39, 0.29) is 29.7 Å². The molecule has 4 aliphatic rings. The predicted octanol–water partition coefficient (Wildman–Crippen LogP) is 1.17. The van der Waals surface area contributed by atoms with Gasteiger partial charge in [0, 0.05) is 17.1 Å². The SMILES string of the molecule is CN(C)[C@H]1C(O)=C(C(N)=O)C(=O)[C@@]2(O)C(O)=C3C(=O)c4c(O)ccc(C#CC5(O)CCCCC5)c4C[C@@H]3C[C@H]12. The summed E-state index contributed by atoms with van der Waals surface area (Å²) in [5.74, 6) is -0.996. The quantitative estimate of drug-likeness (QED) is 0.239. The number of amides is 1. The first-order valence-corrected chi connectivity index (χ1v) is 13.1. The summed E-state index contributed by atoms with van der Waals surface area (Å²) in [6.45, 7) is 0. The van der Waals surface area contributed by atoms with Crippen LogP contribution in [-0.2, 0) is 16.0 Å². The molecule has 0 heterocycles. The topological polar surface area (TPSA) is 182 Å². The number of aromatic hydroxyl groups is 1. The van der Waals surface area contributed by atoms with E-state index in [1.165, 1.54) is 11.0 Å². The number of phenols is 1. The summed E-state index contributed by atoms with van der Waals surface area (Å²) in [6, 6.07) is 1.83. The van der Waals surface area contributed by atoms with Crippen molar-refractivity contribution < 1.29 is 39.9 Å². The molecule has 7 N–H and O–H groups in total. The lowest BCUT2D eigenvalue weighted by molar-refractivity contribution is -0.148. The number of hydrogen-bond acceptors (Lipinski definition) is 9. The van der Waals surface area contributed by atoms with Gasteiger partial charge in [0.2, 0.25) is 5.78 Å². The fraction of sp³-hybridized carbons (Fsp3) is 0.483. The Morgan fingerprint density at radius 1 is 1.08 bits per heavy atom. The van der Waals surface area contributed by atoms with Crippen molar-refractivity contribution in [1.29, 1.82) is 0 Å². The minimum Gasteiger partial charge on any atom is -0.510 e. The molecule has 0 radical (unpaired) electrons. The zero-order valence-electron chi connectivity index (χ0n) is 21.8. The normalized spacial score (nSPS) is 29.8. The molecule has 10 nitrogen and oxygen atoms in total. The summed E-state index contributed by atoms with van der Waals surface area (Å²) in [6.07, 6.45) is 4.00. The van der Waals surface area contributed by atoms with Crippen LogP contribution in [0.5, 0.6) is 5.75 Å². The molecule has 10 heteroatoms. The summed E-state index contributed by atoms with van der Waals surface area (Å²) >= 11 is 0. The van der Waals surface area contributed by atoms with Gasteiger partial charge < -0.3 is 31.3 Å². The summed E-state index contributed by atoms with van der Waals surface area (Å²) in [5.41, 5.74) is 1.28. The van der Waals surface area contributed by atoms with E-state index in [1.54, 1.807) is 20.2 Å². The Morgan fingerprint density at radius 3 is 2.36 bits per heavy atom. The molecular formula is C29H32N2O8. The monoisotopic (exact) mass is 536 g/mol. The first-order valence-electron chi connectivity index (χ1n) is 13.1. The molecule has 1 aromatic rings. The summed E-state index contributed by atoms with van der Waals surface area (Å²) in [4.78, 5) is 40.7. The maximum absolute atomic E-state index is 13.8. The van der Waals surface area contributed by atoms with Crippen molar-refractivity contribution in [2.75, 3.05) is 14.1 Å². The van der Waals surface area contributed by atoms with Crippen LogP contribution in [0.2, 0.25) is 0 Å². The van der Waals surface area contributed by atoms with E-state index >= 15 is 0 Å². The van der Waals surface area contributed by atoms with Crippen LogP contribution in [0.3, 0.4) is 0 Å². The highest BCUT2D eigenvalue weighted by molar-refractivity contribution is 6.24. The Kier molecular flexibility index (Phi) is 6.37. The minimum atomic E-state index is -2.68. The van der Waals surface area contributed by atoms with Gasteiger partial charge in [-0.25, -0.2) is 0 Å². The van der Waals surface area contributed by atoms with Gasteiger partial charge in [-0.1, -0.05) is 18.3 Å². The zero-order valence-corrected chi connectivity index (χ0v) is 21.8. The molecule has 1 amide bonds. The number of Topliss-reactive ketones (excluding diaryl/α,β-unsaturated/α-hetero) is 2.